The van der Waals surface area contributed by atoms with Gasteiger partial charge in [-0.15, -0.1) is 0 Å². The largest absolute Gasteiger partial charge is 0.481 e. The lowest BCUT2D eigenvalue weighted by atomic mass is 10.2. The predicted molar refractivity (Wildman–Crippen MR) is 85.7 cm³/mol. The highest BCUT2D eigenvalue weighted by atomic mass is 16.8. The molecule has 0 aromatic carbocycles. The number of ether oxygens (including phenoxy) is 2. The summed E-state index contributed by atoms with van der Waals surface area (Å²) in [5, 5.41) is 36.0. The SMILES string of the molecule is O=C(O)CCCCC(=O)OCCCC(O)(O)OC(=O)CCCCC(=O)O. The lowest BCUT2D eigenvalue weighted by Crippen LogP contribution is -2.34. The number of carbonyl (C=O) groups excluding carboxylic acids is 2. The monoisotopic (exact) mass is 378 g/mol. The Bertz CT molecular complexity index is 472. The number of unbranched alkanes of at least 4 members (excludes halogenated alkanes) is 2. The van der Waals surface area contributed by atoms with Crippen molar-refractivity contribution in [3.05, 3.63) is 0 Å². The fourth-order valence-corrected chi connectivity index (χ4v) is 1.94. The van der Waals surface area contributed by atoms with Crippen molar-refractivity contribution in [2.24, 2.45) is 0 Å². The van der Waals surface area contributed by atoms with Crippen LogP contribution in [0.4, 0.5) is 0 Å². The zero-order valence-electron chi connectivity index (χ0n) is 14.5. The van der Waals surface area contributed by atoms with Gasteiger partial charge in [-0.25, -0.2) is 0 Å². The Balaban J connectivity index is 3.78. The summed E-state index contributed by atoms with van der Waals surface area (Å²) in [6.45, 7) is -0.100. The highest BCUT2D eigenvalue weighted by Crippen LogP contribution is 2.14. The molecule has 4 N–H and O–H groups in total. The van der Waals surface area contributed by atoms with Crippen molar-refractivity contribution < 1.29 is 49.1 Å². The minimum Gasteiger partial charge on any atom is -0.481 e. The molecule has 0 aliphatic rings. The van der Waals surface area contributed by atoms with E-state index in [9.17, 15) is 29.4 Å². The van der Waals surface area contributed by atoms with Crippen LogP contribution in [0.2, 0.25) is 0 Å². The molecule has 0 heterocycles. The van der Waals surface area contributed by atoms with Crippen LogP contribution in [0.1, 0.15) is 64.2 Å². The average molecular weight is 378 g/mol. The van der Waals surface area contributed by atoms with E-state index in [1.807, 2.05) is 0 Å². The van der Waals surface area contributed by atoms with Crippen molar-refractivity contribution in [1.82, 2.24) is 0 Å². The Hall–Kier alpha value is -2.20. The molecule has 0 unspecified atom stereocenters. The van der Waals surface area contributed by atoms with Crippen LogP contribution >= 0.6 is 0 Å². The number of carbonyl (C=O) groups is 4. The number of aliphatic carboxylic acids is 2. The minimum atomic E-state index is -2.68. The number of aliphatic hydroxyl groups is 2. The molecule has 0 aliphatic carbocycles. The Morgan fingerprint density at radius 3 is 1.65 bits per heavy atom. The zero-order chi connectivity index (χ0) is 20.0. The van der Waals surface area contributed by atoms with E-state index in [4.69, 9.17) is 14.9 Å². The van der Waals surface area contributed by atoms with Gasteiger partial charge in [0.2, 0.25) is 0 Å². The number of carboxylic acids is 2. The molecule has 0 bridgehead atoms. The van der Waals surface area contributed by atoms with E-state index in [1.54, 1.807) is 0 Å². The van der Waals surface area contributed by atoms with Gasteiger partial charge in [0.25, 0.3) is 0 Å². The Labute approximate surface area is 150 Å². The molecule has 10 nitrogen and oxygen atoms in total. The first-order valence-corrected chi connectivity index (χ1v) is 8.38. The number of hydrogen-bond acceptors (Lipinski definition) is 8. The first-order chi connectivity index (χ1) is 12.1. The molecule has 0 saturated heterocycles. The number of rotatable bonds is 15. The molecular weight excluding hydrogens is 352 g/mol. The molecule has 26 heavy (non-hydrogen) atoms. The van der Waals surface area contributed by atoms with E-state index < -0.39 is 29.9 Å². The molecular formula is C16H26O10. The van der Waals surface area contributed by atoms with Crippen LogP contribution in [-0.2, 0) is 28.7 Å². The van der Waals surface area contributed by atoms with Crippen molar-refractivity contribution in [1.29, 1.82) is 0 Å². The van der Waals surface area contributed by atoms with Gasteiger partial charge < -0.3 is 29.9 Å². The fourth-order valence-electron chi connectivity index (χ4n) is 1.94. The molecule has 0 aliphatic heterocycles. The molecule has 0 saturated carbocycles. The topological polar surface area (TPSA) is 168 Å². The molecule has 0 aromatic heterocycles. The van der Waals surface area contributed by atoms with Gasteiger partial charge in [0.1, 0.15) is 0 Å². The molecule has 0 radical (unpaired) electrons. The summed E-state index contributed by atoms with van der Waals surface area (Å²) >= 11 is 0. The average Bonchev–Trinajstić information content (AvgIpc) is 2.51. The summed E-state index contributed by atoms with van der Waals surface area (Å²) in [7, 11) is 0. The summed E-state index contributed by atoms with van der Waals surface area (Å²) in [5.41, 5.74) is 0. The second kappa shape index (κ2) is 13.1. The van der Waals surface area contributed by atoms with Crippen LogP contribution in [0.5, 0.6) is 0 Å². The third-order valence-electron chi connectivity index (χ3n) is 3.23. The Morgan fingerprint density at radius 2 is 1.15 bits per heavy atom. The van der Waals surface area contributed by atoms with Crippen molar-refractivity contribution in [2.75, 3.05) is 6.61 Å². The predicted octanol–water partition coefficient (Wildman–Crippen LogP) is 0.781. The number of carboxylic acid groups (broad SMARTS) is 2. The second-order valence-electron chi connectivity index (χ2n) is 5.74. The lowest BCUT2D eigenvalue weighted by Gasteiger charge is -2.21. The van der Waals surface area contributed by atoms with Crippen LogP contribution < -0.4 is 0 Å². The maximum Gasteiger partial charge on any atom is 0.324 e. The molecule has 0 aromatic rings. The van der Waals surface area contributed by atoms with E-state index in [2.05, 4.69) is 4.74 Å². The number of esters is 2. The third kappa shape index (κ3) is 15.3. The van der Waals surface area contributed by atoms with Gasteiger partial charge in [0.15, 0.2) is 0 Å². The van der Waals surface area contributed by atoms with Gasteiger partial charge in [-0.1, -0.05) is 0 Å². The zero-order valence-corrected chi connectivity index (χ0v) is 14.5. The quantitative estimate of drug-likeness (QED) is 0.181. The molecule has 10 heteroatoms. The maximum absolute atomic E-state index is 11.4. The van der Waals surface area contributed by atoms with Crippen LogP contribution in [0, 0.1) is 0 Å². The minimum absolute atomic E-state index is 0.0213. The summed E-state index contributed by atoms with van der Waals surface area (Å²) < 4.78 is 9.33. The van der Waals surface area contributed by atoms with Gasteiger partial charge in [0.05, 0.1) is 6.61 Å². The van der Waals surface area contributed by atoms with Gasteiger partial charge in [-0.05, 0) is 32.1 Å². The van der Waals surface area contributed by atoms with Crippen LogP contribution in [0.15, 0.2) is 0 Å². The summed E-state index contributed by atoms with van der Waals surface area (Å²) in [6, 6.07) is 0. The Morgan fingerprint density at radius 1 is 0.692 bits per heavy atom. The first-order valence-electron chi connectivity index (χ1n) is 8.38. The summed E-state index contributed by atoms with van der Waals surface area (Å²) in [4.78, 5) is 43.4. The normalized spacial score (nSPS) is 11.0. The molecule has 0 amide bonds. The molecule has 0 fully saturated rings. The second-order valence-corrected chi connectivity index (χ2v) is 5.74. The van der Waals surface area contributed by atoms with Crippen LogP contribution in [0.3, 0.4) is 0 Å². The number of hydrogen-bond donors (Lipinski definition) is 4. The lowest BCUT2D eigenvalue weighted by molar-refractivity contribution is -0.322. The van der Waals surface area contributed by atoms with Crippen LogP contribution in [-0.4, -0.2) is 56.9 Å². The molecule has 150 valence electrons. The van der Waals surface area contributed by atoms with E-state index in [0.717, 1.165) is 0 Å². The maximum atomic E-state index is 11.4. The summed E-state index contributed by atoms with van der Waals surface area (Å²) in [5.74, 6) is -5.98. The van der Waals surface area contributed by atoms with Gasteiger partial charge >= 0.3 is 29.9 Å². The van der Waals surface area contributed by atoms with Crippen molar-refractivity contribution in [2.45, 2.75) is 70.2 Å². The van der Waals surface area contributed by atoms with E-state index in [-0.39, 0.29) is 58.0 Å². The smallest absolute Gasteiger partial charge is 0.324 e. The van der Waals surface area contributed by atoms with Crippen LogP contribution in [0.25, 0.3) is 0 Å². The third-order valence-corrected chi connectivity index (χ3v) is 3.23. The fraction of sp³-hybridized carbons (Fsp3) is 0.750. The Kier molecular flexibility index (Phi) is 12.0. The summed E-state index contributed by atoms with van der Waals surface area (Å²) in [6.07, 6.45) is 0.782. The van der Waals surface area contributed by atoms with Gasteiger partial charge in [-0.2, -0.15) is 0 Å². The van der Waals surface area contributed by atoms with Crippen molar-refractivity contribution in [3.63, 3.8) is 0 Å². The van der Waals surface area contributed by atoms with Gasteiger partial charge in [0, 0.05) is 32.1 Å². The van der Waals surface area contributed by atoms with E-state index in [1.165, 1.54) is 0 Å². The van der Waals surface area contributed by atoms with Crippen molar-refractivity contribution in [3.8, 4) is 0 Å². The highest BCUT2D eigenvalue weighted by molar-refractivity contribution is 5.70. The highest BCUT2D eigenvalue weighted by Gasteiger charge is 2.27. The molecule has 0 spiro atoms. The van der Waals surface area contributed by atoms with Gasteiger partial charge in [-0.3, -0.25) is 19.2 Å². The van der Waals surface area contributed by atoms with E-state index >= 15 is 0 Å². The molecule has 0 rings (SSSR count). The first kappa shape index (κ1) is 23.8. The van der Waals surface area contributed by atoms with Crippen molar-refractivity contribution >= 4 is 23.9 Å². The van der Waals surface area contributed by atoms with E-state index in [0.29, 0.717) is 12.8 Å². The standard InChI is InChI=1S/C16H26O10/c17-12(18)6-1-3-8-14(21)25-11-5-10-16(23,24)26-15(22)9-4-2-7-13(19)20/h23-24H,1-11H2,(H,17,18)(H,19,20). The molecule has 0 atom stereocenters.